The molecular formula is C44H80O2. The average molecular weight is 641 g/mol. The zero-order valence-corrected chi connectivity index (χ0v) is 33.2. The molecule has 0 aliphatic heterocycles. The summed E-state index contributed by atoms with van der Waals surface area (Å²) in [6.45, 7) is 28.6. The van der Waals surface area contributed by atoms with Crippen molar-refractivity contribution in [2.24, 2.45) is 40.4 Å². The maximum atomic E-state index is 10.3. The van der Waals surface area contributed by atoms with Crippen LogP contribution in [0.15, 0.2) is 35.9 Å². The molecular weight excluding hydrogens is 560 g/mol. The molecule has 3 fully saturated rings. The second-order valence-electron chi connectivity index (χ2n) is 15.0. The molecule has 0 aromatic heterocycles. The quantitative estimate of drug-likeness (QED) is 0.248. The van der Waals surface area contributed by atoms with Gasteiger partial charge in [-0.1, -0.05) is 151 Å². The van der Waals surface area contributed by atoms with E-state index in [9.17, 15) is 4.79 Å². The summed E-state index contributed by atoms with van der Waals surface area (Å²) >= 11 is 0. The zero-order chi connectivity index (χ0) is 35.3. The molecule has 2 nitrogen and oxygen atoms in total. The summed E-state index contributed by atoms with van der Waals surface area (Å²) in [5.41, 5.74) is 4.54. The maximum absolute atomic E-state index is 10.3. The molecule has 5 unspecified atom stereocenters. The predicted molar refractivity (Wildman–Crippen MR) is 206 cm³/mol. The number of fused-ring (bicyclic) bond motifs is 5. The van der Waals surface area contributed by atoms with E-state index >= 15 is 0 Å². The summed E-state index contributed by atoms with van der Waals surface area (Å²) in [6, 6.07) is 6.75. The van der Waals surface area contributed by atoms with E-state index < -0.39 is 5.97 Å². The molecule has 0 heterocycles. The van der Waals surface area contributed by atoms with Gasteiger partial charge in [-0.3, -0.25) is 0 Å². The van der Waals surface area contributed by atoms with Crippen molar-refractivity contribution in [2.75, 3.05) is 0 Å². The fraction of sp³-hybridized carbons (Fsp3) is 0.795. The largest absolute Gasteiger partial charge is 0.478 e. The first kappa shape index (κ1) is 44.4. The molecule has 0 amide bonds. The number of benzene rings is 1. The Labute approximate surface area is 289 Å². The van der Waals surface area contributed by atoms with Crippen LogP contribution in [0, 0.1) is 47.3 Å². The summed E-state index contributed by atoms with van der Waals surface area (Å²) in [7, 11) is 0. The standard InChI is InChI=1S/C26H44.C8H8O2.2C3H8.2C2H6/c1-19(2)9-5-6-10-21-13-15-23-22-14-12-20-11-7-8-17-25(20,3)24(22)16-18-26(21,23)4;1-6-2-4-7(5-3-6)8(9)10;2*1-3-2;2*1-2/h12,19,21-24H,5-11,13-18H2,1-4H3;2-5H,1H3,(H,9,10);2*3H2,1-2H3;2*1-2H3/t21?,22?,23?,24-,25?,26?;;;;;/m0...../s1. The van der Waals surface area contributed by atoms with Crippen molar-refractivity contribution >= 4 is 5.97 Å². The van der Waals surface area contributed by atoms with Crippen LogP contribution < -0.4 is 0 Å². The van der Waals surface area contributed by atoms with Crippen molar-refractivity contribution in [1.29, 1.82) is 0 Å². The van der Waals surface area contributed by atoms with Gasteiger partial charge in [-0.2, -0.15) is 0 Å². The molecule has 1 aromatic carbocycles. The van der Waals surface area contributed by atoms with Gasteiger partial charge < -0.3 is 5.11 Å². The fourth-order valence-corrected chi connectivity index (χ4v) is 8.92. The van der Waals surface area contributed by atoms with Crippen molar-refractivity contribution in [1.82, 2.24) is 0 Å². The fourth-order valence-electron chi connectivity index (χ4n) is 8.92. The van der Waals surface area contributed by atoms with Crippen LogP contribution in [0.4, 0.5) is 0 Å². The second kappa shape index (κ2) is 23.7. The third kappa shape index (κ3) is 12.8. The number of carbonyl (C=O) groups is 1. The Bertz CT molecular complexity index is 941. The van der Waals surface area contributed by atoms with Crippen LogP contribution in [0.1, 0.15) is 195 Å². The van der Waals surface area contributed by atoms with Gasteiger partial charge in [0.2, 0.25) is 0 Å². The maximum Gasteiger partial charge on any atom is 0.335 e. The number of rotatable bonds is 6. The van der Waals surface area contributed by atoms with Gasteiger partial charge >= 0.3 is 5.97 Å². The van der Waals surface area contributed by atoms with Crippen molar-refractivity contribution in [3.05, 3.63) is 47.0 Å². The Morgan fingerprint density at radius 2 is 1.43 bits per heavy atom. The molecule has 1 N–H and O–H groups in total. The number of aryl methyl sites for hydroxylation is 1. The first-order valence-corrected chi connectivity index (χ1v) is 20.0. The van der Waals surface area contributed by atoms with Gasteiger partial charge in [0.25, 0.3) is 0 Å². The van der Waals surface area contributed by atoms with Crippen LogP contribution in [-0.4, -0.2) is 11.1 Å². The minimum atomic E-state index is -0.875. The number of aromatic carboxylic acids is 1. The van der Waals surface area contributed by atoms with E-state index in [0.29, 0.717) is 16.4 Å². The summed E-state index contributed by atoms with van der Waals surface area (Å²) in [5.74, 6) is 4.11. The highest BCUT2D eigenvalue weighted by molar-refractivity contribution is 5.87. The van der Waals surface area contributed by atoms with Crippen LogP contribution in [0.25, 0.3) is 0 Å². The van der Waals surface area contributed by atoms with E-state index in [1.165, 1.54) is 83.5 Å². The minimum absolute atomic E-state index is 0.339. The number of carboxylic acids is 1. The molecule has 0 saturated heterocycles. The lowest BCUT2D eigenvalue weighted by molar-refractivity contribution is -0.0425. The van der Waals surface area contributed by atoms with E-state index in [1.54, 1.807) is 37.1 Å². The summed E-state index contributed by atoms with van der Waals surface area (Å²) < 4.78 is 0. The summed E-state index contributed by atoms with van der Waals surface area (Å²) in [6.07, 6.45) is 24.6. The Morgan fingerprint density at radius 1 is 0.848 bits per heavy atom. The smallest absolute Gasteiger partial charge is 0.335 e. The van der Waals surface area contributed by atoms with Gasteiger partial charge in [0, 0.05) is 0 Å². The van der Waals surface area contributed by atoms with Crippen molar-refractivity contribution < 1.29 is 9.90 Å². The average Bonchev–Trinajstić information content (AvgIpc) is 3.38. The molecule has 1 aromatic rings. The van der Waals surface area contributed by atoms with Gasteiger partial charge in [-0.05, 0) is 117 Å². The molecule has 0 radical (unpaired) electrons. The third-order valence-electron chi connectivity index (χ3n) is 11.1. The zero-order valence-electron chi connectivity index (χ0n) is 33.2. The van der Waals surface area contributed by atoms with Crippen molar-refractivity contribution in [2.45, 2.75) is 186 Å². The van der Waals surface area contributed by atoms with Crippen molar-refractivity contribution in [3.63, 3.8) is 0 Å². The number of hydrogen-bond donors (Lipinski definition) is 1. The lowest BCUT2D eigenvalue weighted by atomic mass is 9.47. The van der Waals surface area contributed by atoms with E-state index in [0.717, 1.165) is 35.2 Å². The number of unbranched alkanes of at least 4 members (excludes halogenated alkanes) is 1. The molecule has 2 heteroatoms. The Balaban J connectivity index is 0.000000840. The van der Waals surface area contributed by atoms with E-state index in [1.807, 2.05) is 40.2 Å². The SMILES string of the molecule is CC.CC.CC(C)CCCCC1CCC2C3CC=C4CCCCC4(C)[C@H]3CCC12C.CCC.CCC.Cc1ccc(C(=O)O)cc1. The van der Waals surface area contributed by atoms with E-state index in [2.05, 4.69) is 61.5 Å². The Morgan fingerprint density at radius 3 is 1.98 bits per heavy atom. The summed E-state index contributed by atoms with van der Waals surface area (Å²) in [5, 5.41) is 8.48. The molecule has 46 heavy (non-hydrogen) atoms. The van der Waals surface area contributed by atoms with Gasteiger partial charge in [-0.25, -0.2) is 4.79 Å². The molecule has 0 spiro atoms. The third-order valence-corrected chi connectivity index (χ3v) is 11.1. The highest BCUT2D eigenvalue weighted by atomic mass is 16.4. The Kier molecular flexibility index (Phi) is 22.9. The number of carboxylic acid groups (broad SMARTS) is 1. The van der Waals surface area contributed by atoms with Crippen LogP contribution in [0.5, 0.6) is 0 Å². The monoisotopic (exact) mass is 641 g/mol. The van der Waals surface area contributed by atoms with Gasteiger partial charge in [-0.15, -0.1) is 0 Å². The van der Waals surface area contributed by atoms with E-state index in [-0.39, 0.29) is 0 Å². The van der Waals surface area contributed by atoms with Gasteiger partial charge in [0.15, 0.2) is 0 Å². The lowest BCUT2D eigenvalue weighted by Crippen LogP contribution is -2.49. The molecule has 4 aliphatic carbocycles. The molecule has 0 bridgehead atoms. The summed E-state index contributed by atoms with van der Waals surface area (Å²) in [4.78, 5) is 10.3. The van der Waals surface area contributed by atoms with Crippen LogP contribution in [-0.2, 0) is 0 Å². The van der Waals surface area contributed by atoms with Gasteiger partial charge in [0.1, 0.15) is 0 Å². The van der Waals surface area contributed by atoms with Crippen molar-refractivity contribution in [3.8, 4) is 0 Å². The predicted octanol–water partition coefficient (Wildman–Crippen LogP) is 14.8. The molecule has 5 rings (SSSR count). The van der Waals surface area contributed by atoms with Gasteiger partial charge in [0.05, 0.1) is 5.56 Å². The highest BCUT2D eigenvalue weighted by Crippen LogP contribution is 2.66. The Hall–Kier alpha value is -1.57. The lowest BCUT2D eigenvalue weighted by Gasteiger charge is -2.57. The highest BCUT2D eigenvalue weighted by Gasteiger charge is 2.57. The first-order chi connectivity index (χ1) is 22.0. The molecule has 268 valence electrons. The second-order valence-corrected chi connectivity index (χ2v) is 15.0. The molecule has 3 saturated carbocycles. The molecule has 4 aliphatic rings. The van der Waals surface area contributed by atoms with Crippen LogP contribution in [0.3, 0.4) is 0 Å². The topological polar surface area (TPSA) is 37.3 Å². The first-order valence-electron chi connectivity index (χ1n) is 20.0. The number of hydrogen-bond acceptors (Lipinski definition) is 1. The number of allylic oxidation sites excluding steroid dienone is 2. The van der Waals surface area contributed by atoms with Crippen LogP contribution >= 0.6 is 0 Å². The minimum Gasteiger partial charge on any atom is -0.478 e. The molecule has 6 atom stereocenters. The normalized spacial score (nSPS) is 28.5. The van der Waals surface area contributed by atoms with E-state index in [4.69, 9.17) is 5.11 Å². The van der Waals surface area contributed by atoms with Crippen LogP contribution in [0.2, 0.25) is 0 Å².